The van der Waals surface area contributed by atoms with E-state index < -0.39 is 5.97 Å². The first-order chi connectivity index (χ1) is 14.1. The number of ether oxygens (including phenoxy) is 2. The van der Waals surface area contributed by atoms with E-state index in [0.717, 1.165) is 24.3 Å². The van der Waals surface area contributed by atoms with Crippen LogP contribution in [0.3, 0.4) is 0 Å². The number of benzene rings is 2. The molecule has 1 saturated heterocycles. The molecule has 7 nitrogen and oxygen atoms in total. The highest BCUT2D eigenvalue weighted by molar-refractivity contribution is 9.10. The largest absolute Gasteiger partial charge is 0.481 e. The molecule has 0 bridgehead atoms. The molecule has 0 saturated carbocycles. The Morgan fingerprint density at radius 1 is 1.17 bits per heavy atom. The molecule has 2 aromatic carbocycles. The van der Waals surface area contributed by atoms with Gasteiger partial charge < -0.3 is 14.4 Å². The molecular formula is C21H22BrN3O4. The number of halogens is 1. The van der Waals surface area contributed by atoms with Gasteiger partial charge in [0.2, 0.25) is 0 Å². The van der Waals surface area contributed by atoms with Gasteiger partial charge in [-0.3, -0.25) is 4.79 Å². The fourth-order valence-electron chi connectivity index (χ4n) is 2.94. The maximum Gasteiger partial charge on any atom is 0.343 e. The van der Waals surface area contributed by atoms with Gasteiger partial charge in [0.05, 0.1) is 17.8 Å². The Morgan fingerprint density at radius 2 is 1.90 bits per heavy atom. The second-order valence-electron chi connectivity index (χ2n) is 6.49. The highest BCUT2D eigenvalue weighted by atomic mass is 79.9. The number of nitrogens with one attached hydrogen (secondary N) is 1. The summed E-state index contributed by atoms with van der Waals surface area (Å²) in [5.41, 5.74) is 4.98. The molecule has 1 aliphatic heterocycles. The first-order valence-electron chi connectivity index (χ1n) is 9.24. The first kappa shape index (κ1) is 20.9. The van der Waals surface area contributed by atoms with Gasteiger partial charge in [0, 0.05) is 24.3 Å². The zero-order valence-electron chi connectivity index (χ0n) is 16.1. The third-order valence-electron chi connectivity index (χ3n) is 4.51. The Balaban J connectivity index is 1.54. The minimum Gasteiger partial charge on any atom is -0.481 e. The van der Waals surface area contributed by atoms with E-state index in [4.69, 9.17) is 4.74 Å². The lowest BCUT2D eigenvalue weighted by Crippen LogP contribution is -2.19. The maximum atomic E-state index is 12.3. The van der Waals surface area contributed by atoms with Crippen molar-refractivity contribution in [2.24, 2.45) is 5.10 Å². The average Bonchev–Trinajstić information content (AvgIpc) is 3.28. The summed E-state index contributed by atoms with van der Waals surface area (Å²) >= 11 is 3.38. The third kappa shape index (κ3) is 5.80. The van der Waals surface area contributed by atoms with Crippen LogP contribution in [0.2, 0.25) is 0 Å². The minimum absolute atomic E-state index is 0.171. The summed E-state index contributed by atoms with van der Waals surface area (Å²) in [4.78, 5) is 25.7. The number of hydrogen-bond acceptors (Lipinski definition) is 6. The highest BCUT2D eigenvalue weighted by Gasteiger charge is 2.13. The molecule has 3 rings (SSSR count). The van der Waals surface area contributed by atoms with Crippen LogP contribution in [0.4, 0.5) is 5.69 Å². The summed E-state index contributed by atoms with van der Waals surface area (Å²) in [6.07, 6.45) is 3.96. The van der Waals surface area contributed by atoms with Crippen molar-refractivity contribution in [3.63, 3.8) is 0 Å². The highest BCUT2D eigenvalue weighted by Crippen LogP contribution is 2.25. The minimum atomic E-state index is -0.460. The molecule has 0 spiro atoms. The topological polar surface area (TPSA) is 80.2 Å². The number of amides is 1. The van der Waals surface area contributed by atoms with Gasteiger partial charge in [-0.15, -0.1) is 0 Å². The number of esters is 1. The van der Waals surface area contributed by atoms with E-state index in [1.54, 1.807) is 18.2 Å². The van der Waals surface area contributed by atoms with E-state index in [1.165, 1.54) is 26.2 Å². The molecule has 0 radical (unpaired) electrons. The molecule has 0 aromatic heterocycles. The summed E-state index contributed by atoms with van der Waals surface area (Å²) in [7, 11) is 1.30. The molecule has 1 aliphatic rings. The van der Waals surface area contributed by atoms with Crippen LogP contribution in [0, 0.1) is 0 Å². The van der Waals surface area contributed by atoms with Crippen molar-refractivity contribution in [1.29, 1.82) is 0 Å². The number of anilines is 1. The van der Waals surface area contributed by atoms with Crippen LogP contribution in [0.1, 0.15) is 28.8 Å². The smallest absolute Gasteiger partial charge is 0.343 e. The van der Waals surface area contributed by atoms with E-state index in [9.17, 15) is 9.59 Å². The maximum absolute atomic E-state index is 12.3. The molecule has 1 amide bonds. The number of nitrogens with zero attached hydrogens (tertiary/aromatic N) is 2. The number of rotatable bonds is 7. The van der Waals surface area contributed by atoms with Gasteiger partial charge in [-0.05, 0) is 76.8 Å². The van der Waals surface area contributed by atoms with Gasteiger partial charge in [-0.2, -0.15) is 5.10 Å². The van der Waals surface area contributed by atoms with Crippen LogP contribution < -0.4 is 15.1 Å². The van der Waals surface area contributed by atoms with Gasteiger partial charge in [0.25, 0.3) is 5.91 Å². The predicted octanol–water partition coefficient (Wildman–Crippen LogP) is 3.37. The second-order valence-corrected chi connectivity index (χ2v) is 7.35. The van der Waals surface area contributed by atoms with Crippen molar-refractivity contribution in [3.05, 3.63) is 58.1 Å². The Labute approximate surface area is 177 Å². The zero-order chi connectivity index (χ0) is 20.6. The number of hydrazone groups is 1. The van der Waals surface area contributed by atoms with Crippen molar-refractivity contribution in [1.82, 2.24) is 5.43 Å². The summed E-state index contributed by atoms with van der Waals surface area (Å²) in [5.74, 6) is -0.222. The monoisotopic (exact) mass is 459 g/mol. The van der Waals surface area contributed by atoms with Gasteiger partial charge in [0.1, 0.15) is 5.75 Å². The van der Waals surface area contributed by atoms with Crippen LogP contribution in [-0.2, 0) is 9.53 Å². The third-order valence-corrected chi connectivity index (χ3v) is 5.13. The van der Waals surface area contributed by atoms with Crippen LogP contribution in [0.5, 0.6) is 5.75 Å². The van der Waals surface area contributed by atoms with Gasteiger partial charge in [0.15, 0.2) is 6.61 Å². The molecular weight excluding hydrogens is 438 g/mol. The number of carbonyl (C=O) groups excluding carboxylic acids is 2. The van der Waals surface area contributed by atoms with E-state index >= 15 is 0 Å². The molecule has 1 N–H and O–H groups in total. The number of methoxy groups -OCH3 is 1. The zero-order valence-corrected chi connectivity index (χ0v) is 17.6. The first-order valence-corrected chi connectivity index (χ1v) is 10.0. The predicted molar refractivity (Wildman–Crippen MR) is 115 cm³/mol. The molecule has 0 aliphatic carbocycles. The van der Waals surface area contributed by atoms with Crippen molar-refractivity contribution < 1.29 is 19.1 Å². The summed E-state index contributed by atoms with van der Waals surface area (Å²) in [6.45, 7) is 1.96. The van der Waals surface area contributed by atoms with Gasteiger partial charge in [-0.25, -0.2) is 10.2 Å². The molecule has 0 unspecified atom stereocenters. The molecule has 29 heavy (non-hydrogen) atoms. The van der Waals surface area contributed by atoms with Gasteiger partial charge >= 0.3 is 5.97 Å². The van der Waals surface area contributed by atoms with E-state index in [-0.39, 0.29) is 12.5 Å². The molecule has 2 aromatic rings. The lowest BCUT2D eigenvalue weighted by Gasteiger charge is -2.17. The standard InChI is InChI=1S/C21H22BrN3O4/c1-28-20(26)14-29-19-9-4-15(12-18(19)22)13-23-24-21(27)16-5-7-17(8-6-16)25-10-2-3-11-25/h4-9,12-13H,2-3,10-11,14H2,1H3,(H,24,27)/b23-13-. The number of hydrogen-bond donors (Lipinski definition) is 1. The molecule has 1 heterocycles. The van der Waals surface area contributed by atoms with Crippen molar-refractivity contribution >= 4 is 39.7 Å². The lowest BCUT2D eigenvalue weighted by molar-refractivity contribution is -0.142. The van der Waals surface area contributed by atoms with Crippen LogP contribution in [-0.4, -0.2) is 44.9 Å². The fourth-order valence-corrected chi connectivity index (χ4v) is 3.45. The summed E-state index contributed by atoms with van der Waals surface area (Å²) in [6, 6.07) is 12.8. The fraction of sp³-hybridized carbons (Fsp3) is 0.286. The Morgan fingerprint density at radius 3 is 2.55 bits per heavy atom. The number of carbonyl (C=O) groups is 2. The SMILES string of the molecule is COC(=O)COc1ccc(/C=N\NC(=O)c2ccc(N3CCCC3)cc2)cc1Br. The molecule has 1 fully saturated rings. The Hall–Kier alpha value is -2.87. The quantitative estimate of drug-likeness (QED) is 0.390. The van der Waals surface area contributed by atoms with Crippen LogP contribution >= 0.6 is 15.9 Å². The van der Waals surface area contributed by atoms with E-state index in [2.05, 4.69) is 36.1 Å². The Kier molecular flexibility index (Phi) is 7.24. The molecule has 8 heteroatoms. The van der Waals surface area contributed by atoms with Crippen LogP contribution in [0.25, 0.3) is 0 Å². The molecule has 152 valence electrons. The van der Waals surface area contributed by atoms with E-state index in [1.807, 2.05) is 24.3 Å². The average molecular weight is 460 g/mol. The second kappa shape index (κ2) is 10.1. The van der Waals surface area contributed by atoms with Gasteiger partial charge in [-0.1, -0.05) is 0 Å². The normalized spacial score (nSPS) is 13.5. The van der Waals surface area contributed by atoms with Crippen molar-refractivity contribution in [2.75, 3.05) is 31.7 Å². The molecule has 0 atom stereocenters. The van der Waals surface area contributed by atoms with E-state index in [0.29, 0.717) is 15.8 Å². The summed E-state index contributed by atoms with van der Waals surface area (Å²) < 4.78 is 10.6. The van der Waals surface area contributed by atoms with Crippen molar-refractivity contribution in [2.45, 2.75) is 12.8 Å². The van der Waals surface area contributed by atoms with Crippen molar-refractivity contribution in [3.8, 4) is 5.75 Å². The summed E-state index contributed by atoms with van der Waals surface area (Å²) in [5, 5.41) is 4.01. The lowest BCUT2D eigenvalue weighted by atomic mass is 10.2. The van der Waals surface area contributed by atoms with Crippen LogP contribution in [0.15, 0.2) is 52.0 Å². The Bertz CT molecular complexity index is 893.